The van der Waals surface area contributed by atoms with Gasteiger partial charge in [0.25, 0.3) is 0 Å². The average Bonchev–Trinajstić information content (AvgIpc) is 2.93. The molecule has 1 aromatic carbocycles. The monoisotopic (exact) mass is 251 g/mol. The van der Waals surface area contributed by atoms with E-state index >= 15 is 0 Å². The molecule has 0 atom stereocenters. The molecule has 3 rings (SSSR count). The average molecular weight is 252 g/mol. The summed E-state index contributed by atoms with van der Waals surface area (Å²) in [6.45, 7) is 0. The van der Waals surface area contributed by atoms with Crippen LogP contribution in [-0.4, -0.2) is 10.1 Å². The zero-order chi connectivity index (χ0) is 9.71. The first-order valence-electron chi connectivity index (χ1n) is 4.76. The minimum atomic E-state index is 0.345. The maximum Gasteiger partial charge on any atom is 0.126 e. The predicted octanol–water partition coefficient (Wildman–Crippen LogP) is 3.51. The van der Waals surface area contributed by atoms with Crippen molar-refractivity contribution >= 4 is 26.8 Å². The normalized spacial score (nSPS) is 16.4. The highest BCUT2D eigenvalue weighted by Gasteiger charge is 2.28. The first-order chi connectivity index (χ1) is 6.77. The molecule has 1 aliphatic rings. The van der Waals surface area contributed by atoms with E-state index in [-0.39, 0.29) is 0 Å². The van der Waals surface area contributed by atoms with Crippen molar-refractivity contribution in [2.45, 2.75) is 18.8 Å². The lowest BCUT2D eigenvalue weighted by Crippen LogP contribution is -1.77. The molecule has 0 bridgehead atoms. The van der Waals surface area contributed by atoms with E-state index in [1.807, 2.05) is 12.1 Å². The summed E-state index contributed by atoms with van der Waals surface area (Å²) in [5.41, 5.74) is 2.25. The molecule has 2 nitrogen and oxygen atoms in total. The topological polar surface area (TPSA) is 36.0 Å². The van der Waals surface area contributed by atoms with E-state index in [9.17, 15) is 5.11 Å². The Labute approximate surface area is 90.1 Å². The van der Waals surface area contributed by atoms with Gasteiger partial charge in [-0.25, -0.2) is 0 Å². The predicted molar refractivity (Wildman–Crippen MR) is 59.6 cm³/mol. The van der Waals surface area contributed by atoms with Gasteiger partial charge in [-0.2, -0.15) is 0 Å². The number of rotatable bonds is 1. The van der Waals surface area contributed by atoms with Crippen LogP contribution in [0.4, 0.5) is 0 Å². The lowest BCUT2D eigenvalue weighted by Gasteiger charge is -1.94. The molecule has 0 spiro atoms. The van der Waals surface area contributed by atoms with E-state index in [1.165, 1.54) is 18.5 Å². The summed E-state index contributed by atoms with van der Waals surface area (Å²) in [5, 5.41) is 10.6. The Morgan fingerprint density at radius 1 is 1.36 bits per heavy atom. The van der Waals surface area contributed by atoms with Crippen molar-refractivity contribution in [1.82, 2.24) is 4.98 Å². The van der Waals surface area contributed by atoms with E-state index < -0.39 is 0 Å². The van der Waals surface area contributed by atoms with Gasteiger partial charge in [-0.1, -0.05) is 6.07 Å². The van der Waals surface area contributed by atoms with Crippen molar-refractivity contribution in [2.24, 2.45) is 0 Å². The van der Waals surface area contributed by atoms with Gasteiger partial charge in [-0.05, 0) is 40.9 Å². The van der Waals surface area contributed by atoms with Gasteiger partial charge in [0.05, 0.1) is 15.4 Å². The fourth-order valence-corrected chi connectivity index (χ4v) is 2.70. The van der Waals surface area contributed by atoms with E-state index in [2.05, 4.69) is 20.9 Å². The fourth-order valence-electron chi connectivity index (χ4n) is 1.86. The van der Waals surface area contributed by atoms with Crippen molar-refractivity contribution in [2.75, 3.05) is 0 Å². The molecule has 2 N–H and O–H groups in total. The molecule has 0 unspecified atom stereocenters. The van der Waals surface area contributed by atoms with E-state index in [1.54, 1.807) is 6.07 Å². The minimum absolute atomic E-state index is 0.345. The van der Waals surface area contributed by atoms with E-state index in [0.717, 1.165) is 15.4 Å². The zero-order valence-corrected chi connectivity index (χ0v) is 9.13. The molecular formula is C11H10BrNO. The van der Waals surface area contributed by atoms with Crippen molar-refractivity contribution in [1.29, 1.82) is 0 Å². The standard InChI is InChI=1S/C11H10BrNO/c12-10-9-7(2-1-3-8(9)14)13-11(10)6-4-5-6/h1-3,6,13-14H,4-5H2. The minimum Gasteiger partial charge on any atom is -0.507 e. The summed E-state index contributed by atoms with van der Waals surface area (Å²) >= 11 is 3.55. The lowest BCUT2D eigenvalue weighted by atomic mass is 10.2. The smallest absolute Gasteiger partial charge is 0.126 e. The van der Waals surface area contributed by atoms with Gasteiger partial charge in [0.1, 0.15) is 5.75 Å². The Kier molecular flexibility index (Phi) is 1.65. The third-order valence-corrected chi connectivity index (χ3v) is 3.58. The second-order valence-electron chi connectivity index (χ2n) is 3.83. The number of hydrogen-bond acceptors (Lipinski definition) is 1. The Morgan fingerprint density at radius 2 is 2.14 bits per heavy atom. The van der Waals surface area contributed by atoms with Crippen LogP contribution in [-0.2, 0) is 0 Å². The van der Waals surface area contributed by atoms with Gasteiger partial charge in [0.15, 0.2) is 0 Å². The maximum atomic E-state index is 9.72. The number of phenols is 1. The summed E-state index contributed by atoms with van der Waals surface area (Å²) in [6.07, 6.45) is 2.51. The Hall–Kier alpha value is -0.960. The number of hydrogen-bond donors (Lipinski definition) is 2. The third kappa shape index (κ3) is 1.08. The fraction of sp³-hybridized carbons (Fsp3) is 0.273. The molecule has 3 heteroatoms. The van der Waals surface area contributed by atoms with Crippen LogP contribution in [0.25, 0.3) is 10.9 Å². The number of aromatic hydroxyl groups is 1. The highest BCUT2D eigenvalue weighted by Crippen LogP contribution is 2.46. The zero-order valence-electron chi connectivity index (χ0n) is 7.55. The second kappa shape index (κ2) is 2.76. The van der Waals surface area contributed by atoms with Gasteiger partial charge in [0.2, 0.25) is 0 Å². The molecule has 1 fully saturated rings. The first-order valence-corrected chi connectivity index (χ1v) is 5.55. The van der Waals surface area contributed by atoms with Crippen LogP contribution >= 0.6 is 15.9 Å². The molecule has 1 aliphatic carbocycles. The van der Waals surface area contributed by atoms with Crippen LogP contribution in [0.5, 0.6) is 5.75 Å². The maximum absolute atomic E-state index is 9.72. The molecule has 1 saturated carbocycles. The Balaban J connectivity index is 2.34. The van der Waals surface area contributed by atoms with Gasteiger partial charge >= 0.3 is 0 Å². The van der Waals surface area contributed by atoms with Crippen molar-refractivity contribution in [3.8, 4) is 5.75 Å². The van der Waals surface area contributed by atoms with E-state index in [4.69, 9.17) is 0 Å². The summed E-state index contributed by atoms with van der Waals surface area (Å²) in [5.74, 6) is 1.01. The first kappa shape index (κ1) is 8.36. The van der Waals surface area contributed by atoms with Crippen LogP contribution in [0, 0.1) is 0 Å². The number of fused-ring (bicyclic) bond motifs is 1. The number of nitrogens with one attached hydrogen (secondary N) is 1. The Morgan fingerprint density at radius 3 is 2.79 bits per heavy atom. The highest BCUT2D eigenvalue weighted by atomic mass is 79.9. The quantitative estimate of drug-likeness (QED) is 0.800. The number of benzene rings is 1. The van der Waals surface area contributed by atoms with Crippen LogP contribution < -0.4 is 0 Å². The SMILES string of the molecule is Oc1cccc2[nH]c(C3CC3)c(Br)c12. The number of aromatic nitrogens is 1. The van der Waals surface area contributed by atoms with Crippen LogP contribution in [0.15, 0.2) is 22.7 Å². The van der Waals surface area contributed by atoms with Gasteiger partial charge in [-0.3, -0.25) is 0 Å². The lowest BCUT2D eigenvalue weighted by molar-refractivity contribution is 0.481. The number of phenolic OH excluding ortho intramolecular Hbond substituents is 1. The molecule has 0 saturated heterocycles. The molecular weight excluding hydrogens is 242 g/mol. The van der Waals surface area contributed by atoms with Crippen molar-refractivity contribution in [3.63, 3.8) is 0 Å². The van der Waals surface area contributed by atoms with Gasteiger partial charge in [-0.15, -0.1) is 0 Å². The Bertz CT molecular complexity index is 499. The molecule has 14 heavy (non-hydrogen) atoms. The number of H-pyrrole nitrogens is 1. The largest absolute Gasteiger partial charge is 0.507 e. The molecule has 72 valence electrons. The van der Waals surface area contributed by atoms with Crippen molar-refractivity contribution in [3.05, 3.63) is 28.4 Å². The van der Waals surface area contributed by atoms with Crippen LogP contribution in [0.3, 0.4) is 0 Å². The second-order valence-corrected chi connectivity index (χ2v) is 4.62. The molecule has 0 radical (unpaired) electrons. The molecule has 1 heterocycles. The van der Waals surface area contributed by atoms with Crippen LogP contribution in [0.2, 0.25) is 0 Å². The number of aromatic amines is 1. The summed E-state index contributed by atoms with van der Waals surface area (Å²) < 4.78 is 1.04. The summed E-state index contributed by atoms with van der Waals surface area (Å²) in [6, 6.07) is 5.57. The summed E-state index contributed by atoms with van der Waals surface area (Å²) in [7, 11) is 0. The van der Waals surface area contributed by atoms with Crippen LogP contribution in [0.1, 0.15) is 24.5 Å². The molecule has 0 aliphatic heterocycles. The van der Waals surface area contributed by atoms with Crippen molar-refractivity contribution < 1.29 is 5.11 Å². The van der Waals surface area contributed by atoms with Gasteiger partial charge < -0.3 is 10.1 Å². The molecule has 1 aromatic heterocycles. The third-order valence-electron chi connectivity index (χ3n) is 2.75. The highest BCUT2D eigenvalue weighted by molar-refractivity contribution is 9.10. The van der Waals surface area contributed by atoms with E-state index in [0.29, 0.717) is 11.7 Å². The summed E-state index contributed by atoms with van der Waals surface area (Å²) in [4.78, 5) is 3.36. The van der Waals surface area contributed by atoms with Gasteiger partial charge in [0, 0.05) is 11.6 Å². The molecule has 2 aromatic rings. The number of halogens is 1. The molecule has 0 amide bonds.